The van der Waals surface area contributed by atoms with Crippen molar-refractivity contribution in [1.82, 2.24) is 9.97 Å². The molecule has 2 N–H and O–H groups in total. The maximum Gasteiger partial charge on any atom is 0.339 e. The van der Waals surface area contributed by atoms with Gasteiger partial charge in [-0.15, -0.1) is 11.3 Å². The molecular formula is C25H24FN3O3S. The summed E-state index contributed by atoms with van der Waals surface area (Å²) in [6.45, 7) is 6.77. The number of fused-ring (bicyclic) bond motifs is 1. The first kappa shape index (κ1) is 22.7. The van der Waals surface area contributed by atoms with Gasteiger partial charge in [-0.25, -0.2) is 19.2 Å². The lowest BCUT2D eigenvalue weighted by Crippen LogP contribution is -2.07. The number of ether oxygens (including phenoxy) is 1. The fourth-order valence-electron chi connectivity index (χ4n) is 3.83. The Kier molecular flexibility index (Phi) is 6.55. The van der Waals surface area contributed by atoms with Crippen molar-refractivity contribution >= 4 is 33.2 Å². The predicted octanol–water partition coefficient (Wildman–Crippen LogP) is 5.87. The van der Waals surface area contributed by atoms with Gasteiger partial charge >= 0.3 is 5.97 Å². The Labute approximate surface area is 195 Å². The highest BCUT2D eigenvalue weighted by atomic mass is 32.1. The van der Waals surface area contributed by atoms with Gasteiger partial charge in [-0.2, -0.15) is 0 Å². The van der Waals surface area contributed by atoms with Gasteiger partial charge in [0.15, 0.2) is 0 Å². The van der Waals surface area contributed by atoms with Gasteiger partial charge in [0.1, 0.15) is 29.3 Å². The SMILES string of the molecule is CCOc1cc(-c2cc(NCCc3c(C)sc4c(C)ccc(F)c34)ncn2)ccc1C(=O)O. The fraction of sp³-hybridized carbons (Fsp3) is 0.240. The largest absolute Gasteiger partial charge is 0.493 e. The molecule has 0 bridgehead atoms. The van der Waals surface area contributed by atoms with Gasteiger partial charge in [-0.3, -0.25) is 0 Å². The summed E-state index contributed by atoms with van der Waals surface area (Å²) < 4.78 is 21.0. The van der Waals surface area contributed by atoms with Crippen LogP contribution in [0.3, 0.4) is 0 Å². The number of halogens is 1. The van der Waals surface area contributed by atoms with Gasteiger partial charge in [0.05, 0.1) is 12.3 Å². The van der Waals surface area contributed by atoms with Gasteiger partial charge in [-0.1, -0.05) is 12.1 Å². The summed E-state index contributed by atoms with van der Waals surface area (Å²) in [6, 6.07) is 10.0. The molecule has 0 unspecified atom stereocenters. The number of nitrogens with one attached hydrogen (secondary N) is 1. The highest BCUT2D eigenvalue weighted by Crippen LogP contribution is 2.35. The molecule has 4 rings (SSSR count). The van der Waals surface area contributed by atoms with Crippen molar-refractivity contribution in [3.8, 4) is 17.0 Å². The molecule has 2 heterocycles. The van der Waals surface area contributed by atoms with Crippen LogP contribution in [-0.2, 0) is 6.42 Å². The molecule has 0 aliphatic heterocycles. The minimum absolute atomic E-state index is 0.105. The van der Waals surface area contributed by atoms with Crippen molar-refractivity contribution in [2.45, 2.75) is 27.2 Å². The fourth-order valence-corrected chi connectivity index (χ4v) is 5.01. The van der Waals surface area contributed by atoms with Gasteiger partial charge in [0.25, 0.3) is 0 Å². The number of thiophene rings is 1. The molecule has 0 amide bonds. The number of nitrogens with zero attached hydrogens (tertiary/aromatic N) is 2. The van der Waals surface area contributed by atoms with Crippen molar-refractivity contribution in [3.05, 3.63) is 70.1 Å². The Bertz CT molecular complexity index is 1340. The van der Waals surface area contributed by atoms with Crippen LogP contribution in [0.15, 0.2) is 42.7 Å². The number of carbonyl (C=O) groups is 1. The van der Waals surface area contributed by atoms with Crippen LogP contribution in [0.4, 0.5) is 10.2 Å². The van der Waals surface area contributed by atoms with Crippen molar-refractivity contribution in [2.75, 3.05) is 18.5 Å². The van der Waals surface area contributed by atoms with E-state index in [-0.39, 0.29) is 11.4 Å². The molecule has 2 aromatic carbocycles. The van der Waals surface area contributed by atoms with Gasteiger partial charge < -0.3 is 15.2 Å². The van der Waals surface area contributed by atoms with Crippen LogP contribution in [0.2, 0.25) is 0 Å². The number of anilines is 1. The van der Waals surface area contributed by atoms with E-state index >= 15 is 0 Å². The lowest BCUT2D eigenvalue weighted by atomic mass is 10.1. The number of benzene rings is 2. The van der Waals surface area contributed by atoms with Crippen LogP contribution in [-0.4, -0.2) is 34.2 Å². The zero-order valence-corrected chi connectivity index (χ0v) is 19.4. The molecule has 0 spiro atoms. The summed E-state index contributed by atoms with van der Waals surface area (Å²) in [4.78, 5) is 21.1. The van der Waals surface area contributed by atoms with Crippen molar-refractivity contribution < 1.29 is 19.0 Å². The molecule has 33 heavy (non-hydrogen) atoms. The maximum atomic E-state index is 14.5. The maximum absolute atomic E-state index is 14.5. The summed E-state index contributed by atoms with van der Waals surface area (Å²) >= 11 is 1.63. The van der Waals surface area contributed by atoms with E-state index in [2.05, 4.69) is 15.3 Å². The Hall–Kier alpha value is -3.52. The number of carboxylic acids is 1. The second-order valence-corrected chi connectivity index (χ2v) is 8.84. The molecule has 6 nitrogen and oxygen atoms in total. The molecule has 4 aromatic rings. The summed E-state index contributed by atoms with van der Waals surface area (Å²) in [5.74, 6) is -0.297. The van der Waals surface area contributed by atoms with E-state index in [0.29, 0.717) is 42.2 Å². The van der Waals surface area contributed by atoms with Gasteiger partial charge in [-0.05, 0) is 56.5 Å². The molecular weight excluding hydrogens is 441 g/mol. The standard InChI is InChI=1S/C25H24FN3O3S/c1-4-32-21-11-16(6-7-18(21)25(30)31)20-12-22(29-13-28-20)27-10-9-17-15(3)33-24-14(2)5-8-19(26)23(17)24/h5-8,11-13H,4,9-10H2,1-3H3,(H,30,31)(H,27,28,29). The molecule has 2 aromatic heterocycles. The molecule has 0 fully saturated rings. The highest BCUT2D eigenvalue weighted by molar-refractivity contribution is 7.19. The summed E-state index contributed by atoms with van der Waals surface area (Å²) in [6.07, 6.45) is 2.12. The van der Waals surface area contributed by atoms with Crippen LogP contribution >= 0.6 is 11.3 Å². The molecule has 0 saturated heterocycles. The van der Waals surface area contributed by atoms with Crippen LogP contribution < -0.4 is 10.1 Å². The van der Waals surface area contributed by atoms with Crippen LogP contribution in [0.5, 0.6) is 5.75 Å². The number of rotatable bonds is 8. The normalized spacial score (nSPS) is 11.0. The monoisotopic (exact) mass is 465 g/mol. The Morgan fingerprint density at radius 3 is 2.76 bits per heavy atom. The van der Waals surface area contributed by atoms with Crippen LogP contribution in [0, 0.1) is 19.7 Å². The number of aromatic carboxylic acids is 1. The van der Waals surface area contributed by atoms with Crippen molar-refractivity contribution in [3.63, 3.8) is 0 Å². The first-order valence-electron chi connectivity index (χ1n) is 10.6. The number of aryl methyl sites for hydroxylation is 2. The third-order valence-corrected chi connectivity index (χ3v) is 6.72. The van der Waals surface area contributed by atoms with E-state index in [9.17, 15) is 14.3 Å². The number of hydrogen-bond donors (Lipinski definition) is 2. The van der Waals surface area contributed by atoms with Crippen LogP contribution in [0.1, 0.15) is 33.3 Å². The predicted molar refractivity (Wildman–Crippen MR) is 129 cm³/mol. The van der Waals surface area contributed by atoms with E-state index < -0.39 is 5.97 Å². The highest BCUT2D eigenvalue weighted by Gasteiger charge is 2.16. The van der Waals surface area contributed by atoms with E-state index in [0.717, 1.165) is 26.3 Å². The zero-order valence-electron chi connectivity index (χ0n) is 18.6. The Morgan fingerprint density at radius 1 is 1.18 bits per heavy atom. The topological polar surface area (TPSA) is 84.3 Å². The van der Waals surface area contributed by atoms with Gasteiger partial charge in [0.2, 0.25) is 0 Å². The second kappa shape index (κ2) is 9.54. The Balaban J connectivity index is 1.53. The molecule has 8 heteroatoms. The van der Waals surface area contributed by atoms with Crippen molar-refractivity contribution in [1.29, 1.82) is 0 Å². The van der Waals surface area contributed by atoms with E-state index in [1.165, 1.54) is 18.5 Å². The summed E-state index contributed by atoms with van der Waals surface area (Å²) in [7, 11) is 0. The number of hydrogen-bond acceptors (Lipinski definition) is 6. The Morgan fingerprint density at radius 2 is 2.00 bits per heavy atom. The lowest BCUT2D eigenvalue weighted by Gasteiger charge is -2.11. The number of aromatic nitrogens is 2. The first-order valence-corrected chi connectivity index (χ1v) is 11.4. The summed E-state index contributed by atoms with van der Waals surface area (Å²) in [5.41, 5.74) is 3.58. The quantitative estimate of drug-likeness (QED) is 0.339. The van der Waals surface area contributed by atoms with Crippen LogP contribution in [0.25, 0.3) is 21.3 Å². The molecule has 0 aliphatic rings. The zero-order chi connectivity index (χ0) is 23.5. The van der Waals surface area contributed by atoms with Gasteiger partial charge in [0, 0.05) is 33.1 Å². The van der Waals surface area contributed by atoms with Crippen molar-refractivity contribution in [2.24, 2.45) is 0 Å². The molecule has 0 radical (unpaired) electrons. The molecule has 0 atom stereocenters. The first-order chi connectivity index (χ1) is 15.9. The lowest BCUT2D eigenvalue weighted by molar-refractivity contribution is 0.0692. The smallest absolute Gasteiger partial charge is 0.339 e. The summed E-state index contributed by atoms with van der Waals surface area (Å²) in [5, 5.41) is 13.4. The third kappa shape index (κ3) is 4.66. The number of carboxylic acid groups (broad SMARTS) is 1. The molecule has 0 saturated carbocycles. The minimum Gasteiger partial charge on any atom is -0.493 e. The molecule has 0 aliphatic carbocycles. The average Bonchev–Trinajstić information content (AvgIpc) is 3.14. The van der Waals surface area contributed by atoms with E-state index in [4.69, 9.17) is 4.74 Å². The van der Waals surface area contributed by atoms with E-state index in [1.807, 2.05) is 19.9 Å². The van der Waals surface area contributed by atoms with E-state index in [1.54, 1.807) is 36.5 Å². The third-order valence-electron chi connectivity index (χ3n) is 5.44. The minimum atomic E-state index is -1.04. The average molecular weight is 466 g/mol. The molecule has 170 valence electrons. The second-order valence-electron chi connectivity index (χ2n) is 7.62.